The van der Waals surface area contributed by atoms with E-state index < -0.39 is 15.9 Å². The topological polar surface area (TPSA) is 114 Å². The maximum Gasteiger partial charge on any atom is 0.261 e. The van der Waals surface area contributed by atoms with Crippen molar-refractivity contribution in [3.8, 4) is 5.75 Å². The summed E-state index contributed by atoms with van der Waals surface area (Å²) in [5.74, 6) is -0.205. The third-order valence-corrected chi connectivity index (χ3v) is 5.00. The van der Waals surface area contributed by atoms with E-state index in [4.69, 9.17) is 4.74 Å². The fourth-order valence-electron chi connectivity index (χ4n) is 2.34. The second kappa shape index (κ2) is 9.75. The maximum absolute atomic E-state index is 12.5. The van der Waals surface area contributed by atoms with Gasteiger partial charge in [-0.2, -0.15) is 0 Å². The van der Waals surface area contributed by atoms with Crippen LogP contribution < -0.4 is 20.1 Å². The van der Waals surface area contributed by atoms with E-state index in [2.05, 4.69) is 15.4 Å². The van der Waals surface area contributed by atoms with Crippen molar-refractivity contribution < 1.29 is 22.7 Å². The standard InChI is InChI=1S/C19H23N3O5S/c1-3-20-18(23)13-21-19(24)14-6-5-7-15(12-14)22-28(25,26)17-10-8-16(9-11-17)27-4-2/h5-12,22H,3-4,13H2,1-2H3,(H,20,23)(H,21,24). The molecule has 3 N–H and O–H groups in total. The number of rotatable bonds is 9. The molecule has 9 heteroatoms. The van der Waals surface area contributed by atoms with Gasteiger partial charge in [0.05, 0.1) is 18.0 Å². The van der Waals surface area contributed by atoms with Gasteiger partial charge in [-0.1, -0.05) is 6.07 Å². The van der Waals surface area contributed by atoms with E-state index in [1.54, 1.807) is 25.1 Å². The van der Waals surface area contributed by atoms with Gasteiger partial charge >= 0.3 is 0 Å². The molecular formula is C19H23N3O5S. The van der Waals surface area contributed by atoms with Crippen LogP contribution in [0.5, 0.6) is 5.75 Å². The van der Waals surface area contributed by atoms with Gasteiger partial charge in [-0.05, 0) is 56.3 Å². The molecule has 0 aromatic heterocycles. The number of hydrogen-bond donors (Lipinski definition) is 3. The molecule has 0 saturated carbocycles. The van der Waals surface area contributed by atoms with Gasteiger partial charge in [0, 0.05) is 17.8 Å². The van der Waals surface area contributed by atoms with Gasteiger partial charge in [0.1, 0.15) is 5.75 Å². The van der Waals surface area contributed by atoms with Crippen LogP contribution >= 0.6 is 0 Å². The second-order valence-corrected chi connectivity index (χ2v) is 7.41. The fraction of sp³-hybridized carbons (Fsp3) is 0.263. The summed E-state index contributed by atoms with van der Waals surface area (Å²) < 4.78 is 32.8. The molecule has 0 bridgehead atoms. The first-order valence-electron chi connectivity index (χ1n) is 8.76. The minimum absolute atomic E-state index is 0.0713. The molecule has 2 aromatic rings. The number of carbonyl (C=O) groups is 2. The zero-order chi connectivity index (χ0) is 20.6. The molecule has 0 aliphatic heterocycles. The summed E-state index contributed by atoms with van der Waals surface area (Å²) in [6.45, 7) is 4.41. The third-order valence-electron chi connectivity index (χ3n) is 3.61. The molecule has 0 heterocycles. The Morgan fingerprint density at radius 3 is 2.36 bits per heavy atom. The molecule has 150 valence electrons. The van der Waals surface area contributed by atoms with E-state index in [1.807, 2.05) is 6.92 Å². The highest BCUT2D eigenvalue weighted by molar-refractivity contribution is 7.92. The van der Waals surface area contributed by atoms with Gasteiger partial charge in [0.15, 0.2) is 0 Å². The number of sulfonamides is 1. The van der Waals surface area contributed by atoms with Gasteiger partial charge in [-0.25, -0.2) is 8.42 Å². The number of amides is 2. The van der Waals surface area contributed by atoms with Crippen molar-refractivity contribution >= 4 is 27.5 Å². The molecule has 8 nitrogen and oxygen atoms in total. The van der Waals surface area contributed by atoms with Crippen LogP contribution in [0, 0.1) is 0 Å². The Kier molecular flexibility index (Phi) is 7.39. The lowest BCUT2D eigenvalue weighted by Gasteiger charge is -2.11. The predicted molar refractivity (Wildman–Crippen MR) is 106 cm³/mol. The molecule has 2 amide bonds. The van der Waals surface area contributed by atoms with Crippen molar-refractivity contribution in [2.45, 2.75) is 18.7 Å². The SMILES string of the molecule is CCNC(=O)CNC(=O)c1cccc(NS(=O)(=O)c2ccc(OCC)cc2)c1. The molecule has 0 atom stereocenters. The molecular weight excluding hydrogens is 382 g/mol. The van der Waals surface area contributed by atoms with Crippen molar-refractivity contribution in [1.82, 2.24) is 10.6 Å². The monoisotopic (exact) mass is 405 g/mol. The zero-order valence-electron chi connectivity index (χ0n) is 15.7. The molecule has 0 unspecified atom stereocenters. The Balaban J connectivity index is 2.08. The van der Waals surface area contributed by atoms with E-state index in [0.29, 0.717) is 18.9 Å². The van der Waals surface area contributed by atoms with E-state index in [9.17, 15) is 18.0 Å². The molecule has 0 fully saturated rings. The van der Waals surface area contributed by atoms with E-state index >= 15 is 0 Å². The fourth-order valence-corrected chi connectivity index (χ4v) is 3.39. The summed E-state index contributed by atoms with van der Waals surface area (Å²) >= 11 is 0. The molecule has 2 aromatic carbocycles. The number of ether oxygens (including phenoxy) is 1. The number of hydrogen-bond acceptors (Lipinski definition) is 5. The summed E-state index contributed by atoms with van der Waals surface area (Å²) in [6.07, 6.45) is 0. The largest absolute Gasteiger partial charge is 0.494 e. The summed E-state index contributed by atoms with van der Waals surface area (Å²) in [6, 6.07) is 12.0. The quantitative estimate of drug-likeness (QED) is 0.588. The molecule has 0 saturated heterocycles. The van der Waals surface area contributed by atoms with Crippen LogP contribution in [0.3, 0.4) is 0 Å². The molecule has 0 aliphatic carbocycles. The minimum atomic E-state index is -3.82. The average Bonchev–Trinajstić information content (AvgIpc) is 2.67. The van der Waals surface area contributed by atoms with Crippen LogP contribution in [-0.2, 0) is 14.8 Å². The second-order valence-electron chi connectivity index (χ2n) is 5.73. The first kappa shape index (κ1) is 21.2. The van der Waals surface area contributed by atoms with Gasteiger partial charge in [-0.15, -0.1) is 0 Å². The Morgan fingerprint density at radius 1 is 1.00 bits per heavy atom. The Bertz CT molecular complexity index is 927. The average molecular weight is 405 g/mol. The first-order valence-corrected chi connectivity index (χ1v) is 10.2. The Morgan fingerprint density at radius 2 is 1.71 bits per heavy atom. The smallest absolute Gasteiger partial charge is 0.261 e. The number of likely N-dealkylation sites (N-methyl/N-ethyl adjacent to an activating group) is 1. The Hall–Kier alpha value is -3.07. The van der Waals surface area contributed by atoms with Crippen molar-refractivity contribution in [3.63, 3.8) is 0 Å². The van der Waals surface area contributed by atoms with Gasteiger partial charge in [0.2, 0.25) is 5.91 Å². The minimum Gasteiger partial charge on any atom is -0.494 e. The van der Waals surface area contributed by atoms with E-state index in [0.717, 1.165) is 0 Å². The lowest BCUT2D eigenvalue weighted by atomic mass is 10.2. The summed E-state index contributed by atoms with van der Waals surface area (Å²) in [5.41, 5.74) is 0.468. The van der Waals surface area contributed by atoms with Gasteiger partial charge in [-0.3, -0.25) is 14.3 Å². The van der Waals surface area contributed by atoms with E-state index in [-0.39, 0.29) is 28.6 Å². The van der Waals surface area contributed by atoms with Crippen LogP contribution in [0.25, 0.3) is 0 Å². The van der Waals surface area contributed by atoms with Crippen molar-refractivity contribution in [1.29, 1.82) is 0 Å². The number of benzene rings is 2. The highest BCUT2D eigenvalue weighted by Gasteiger charge is 2.15. The summed E-state index contributed by atoms with van der Waals surface area (Å²) in [7, 11) is -3.82. The van der Waals surface area contributed by atoms with Crippen molar-refractivity contribution in [2.75, 3.05) is 24.4 Å². The van der Waals surface area contributed by atoms with Crippen molar-refractivity contribution in [3.05, 3.63) is 54.1 Å². The van der Waals surface area contributed by atoms with Crippen LogP contribution in [0.4, 0.5) is 5.69 Å². The number of anilines is 1. The predicted octanol–water partition coefficient (Wildman–Crippen LogP) is 1.75. The highest BCUT2D eigenvalue weighted by Crippen LogP contribution is 2.20. The zero-order valence-corrected chi connectivity index (χ0v) is 16.5. The molecule has 0 aliphatic rings. The lowest BCUT2D eigenvalue weighted by Crippen LogP contribution is -2.36. The maximum atomic E-state index is 12.5. The summed E-state index contributed by atoms with van der Waals surface area (Å²) in [5, 5.41) is 5.05. The highest BCUT2D eigenvalue weighted by atomic mass is 32.2. The first-order chi connectivity index (χ1) is 13.4. The third kappa shape index (κ3) is 5.98. The van der Waals surface area contributed by atoms with Crippen molar-refractivity contribution in [2.24, 2.45) is 0 Å². The van der Waals surface area contributed by atoms with E-state index in [1.165, 1.54) is 30.3 Å². The van der Waals surface area contributed by atoms with Crippen LogP contribution in [-0.4, -0.2) is 39.9 Å². The van der Waals surface area contributed by atoms with Crippen LogP contribution in [0.2, 0.25) is 0 Å². The summed E-state index contributed by atoms with van der Waals surface area (Å²) in [4.78, 5) is 23.7. The normalized spacial score (nSPS) is 10.8. The molecule has 2 rings (SSSR count). The van der Waals surface area contributed by atoms with Gasteiger partial charge in [0.25, 0.3) is 15.9 Å². The molecule has 28 heavy (non-hydrogen) atoms. The Labute approximate surface area is 164 Å². The number of carbonyl (C=O) groups excluding carboxylic acids is 2. The van der Waals surface area contributed by atoms with Crippen LogP contribution in [0.15, 0.2) is 53.4 Å². The number of nitrogens with one attached hydrogen (secondary N) is 3. The van der Waals surface area contributed by atoms with Gasteiger partial charge < -0.3 is 15.4 Å². The molecule has 0 spiro atoms. The molecule has 0 radical (unpaired) electrons. The van der Waals surface area contributed by atoms with Crippen LogP contribution in [0.1, 0.15) is 24.2 Å². The lowest BCUT2D eigenvalue weighted by molar-refractivity contribution is -0.120.